The van der Waals surface area contributed by atoms with Crippen molar-refractivity contribution in [2.24, 2.45) is 5.73 Å². The van der Waals surface area contributed by atoms with E-state index in [9.17, 15) is 0 Å². The predicted molar refractivity (Wildman–Crippen MR) is 75.1 cm³/mol. The third-order valence-electron chi connectivity index (χ3n) is 5.19. The minimum atomic E-state index is 0.207. The van der Waals surface area contributed by atoms with Crippen LogP contribution >= 0.6 is 0 Å². The monoisotopic (exact) mass is 268 g/mol. The van der Waals surface area contributed by atoms with Gasteiger partial charge in [-0.2, -0.15) is 0 Å². The fourth-order valence-corrected chi connectivity index (χ4v) is 3.94. The van der Waals surface area contributed by atoms with E-state index in [4.69, 9.17) is 15.2 Å². The van der Waals surface area contributed by atoms with Crippen LogP contribution in [0.15, 0.2) is 0 Å². The number of hydrogen-bond acceptors (Lipinski definition) is 4. The molecule has 4 heteroatoms. The van der Waals surface area contributed by atoms with Gasteiger partial charge >= 0.3 is 0 Å². The highest BCUT2D eigenvalue weighted by Crippen LogP contribution is 2.43. The maximum absolute atomic E-state index is 6.42. The van der Waals surface area contributed by atoms with Crippen LogP contribution in [0.2, 0.25) is 0 Å². The van der Waals surface area contributed by atoms with E-state index in [1.165, 1.54) is 38.5 Å². The lowest BCUT2D eigenvalue weighted by molar-refractivity contribution is -0.0884. The van der Waals surface area contributed by atoms with Crippen LogP contribution in [0, 0.1) is 0 Å². The van der Waals surface area contributed by atoms with Gasteiger partial charge < -0.3 is 15.2 Å². The highest BCUT2D eigenvalue weighted by atomic mass is 16.5. The second kappa shape index (κ2) is 5.68. The molecule has 2 aliphatic heterocycles. The molecule has 1 saturated carbocycles. The van der Waals surface area contributed by atoms with Gasteiger partial charge in [-0.15, -0.1) is 0 Å². The molecule has 110 valence electrons. The van der Waals surface area contributed by atoms with Gasteiger partial charge in [0.1, 0.15) is 0 Å². The highest BCUT2D eigenvalue weighted by Gasteiger charge is 2.43. The summed E-state index contributed by atoms with van der Waals surface area (Å²) in [6, 6.07) is 0.492. The van der Waals surface area contributed by atoms with Crippen molar-refractivity contribution in [1.82, 2.24) is 4.90 Å². The minimum absolute atomic E-state index is 0.207. The first-order valence-electron chi connectivity index (χ1n) is 7.94. The van der Waals surface area contributed by atoms with Gasteiger partial charge in [-0.1, -0.05) is 12.8 Å². The number of morpholine rings is 1. The van der Waals surface area contributed by atoms with Crippen molar-refractivity contribution in [3.05, 3.63) is 0 Å². The molecule has 3 aliphatic rings. The summed E-state index contributed by atoms with van der Waals surface area (Å²) >= 11 is 0. The van der Waals surface area contributed by atoms with E-state index >= 15 is 0 Å². The lowest BCUT2D eigenvalue weighted by atomic mass is 9.98. The van der Waals surface area contributed by atoms with E-state index in [1.54, 1.807) is 0 Å². The van der Waals surface area contributed by atoms with E-state index < -0.39 is 0 Å². The molecular weight excluding hydrogens is 240 g/mol. The topological polar surface area (TPSA) is 47.7 Å². The maximum atomic E-state index is 6.42. The van der Waals surface area contributed by atoms with Crippen molar-refractivity contribution in [3.8, 4) is 0 Å². The molecule has 0 aromatic heterocycles. The molecule has 1 aliphatic carbocycles. The van der Waals surface area contributed by atoms with Gasteiger partial charge in [-0.25, -0.2) is 0 Å². The van der Waals surface area contributed by atoms with Gasteiger partial charge in [0.25, 0.3) is 0 Å². The van der Waals surface area contributed by atoms with E-state index in [2.05, 4.69) is 11.8 Å². The smallest absolute Gasteiger partial charge is 0.0824 e. The van der Waals surface area contributed by atoms with E-state index in [-0.39, 0.29) is 11.7 Å². The summed E-state index contributed by atoms with van der Waals surface area (Å²) in [6.07, 6.45) is 8.43. The molecule has 2 N–H and O–H groups in total. The predicted octanol–water partition coefficient (Wildman–Crippen LogP) is 1.53. The highest BCUT2D eigenvalue weighted by molar-refractivity contribution is 4.94. The van der Waals surface area contributed by atoms with Gasteiger partial charge in [-0.05, 0) is 32.6 Å². The molecular formula is C15H28N2O2. The van der Waals surface area contributed by atoms with Crippen molar-refractivity contribution in [2.75, 3.05) is 26.2 Å². The fourth-order valence-electron chi connectivity index (χ4n) is 3.94. The summed E-state index contributed by atoms with van der Waals surface area (Å²) in [4.78, 5) is 2.51. The Bertz CT molecular complexity index is 305. The van der Waals surface area contributed by atoms with Crippen LogP contribution in [0.25, 0.3) is 0 Å². The molecule has 1 spiro atoms. The zero-order valence-corrected chi connectivity index (χ0v) is 12.1. The van der Waals surface area contributed by atoms with Crippen LogP contribution in [0.1, 0.15) is 45.4 Å². The van der Waals surface area contributed by atoms with Gasteiger partial charge in [0.05, 0.1) is 24.4 Å². The van der Waals surface area contributed by atoms with Crippen molar-refractivity contribution in [2.45, 2.75) is 69.3 Å². The van der Waals surface area contributed by atoms with Crippen LogP contribution in [0.5, 0.6) is 0 Å². The largest absolute Gasteiger partial charge is 0.374 e. The average molecular weight is 268 g/mol. The molecule has 0 aromatic carbocycles. The fraction of sp³-hybridized carbons (Fsp3) is 1.00. The van der Waals surface area contributed by atoms with E-state index in [0.717, 1.165) is 19.7 Å². The second-order valence-corrected chi connectivity index (χ2v) is 6.66. The summed E-state index contributed by atoms with van der Waals surface area (Å²) in [5.74, 6) is 0. The Morgan fingerprint density at radius 1 is 1.21 bits per heavy atom. The summed E-state index contributed by atoms with van der Waals surface area (Å²) in [6.45, 7) is 5.69. The van der Waals surface area contributed by atoms with Crippen LogP contribution in [-0.4, -0.2) is 55.0 Å². The molecule has 4 nitrogen and oxygen atoms in total. The Balaban J connectivity index is 1.53. The molecule has 19 heavy (non-hydrogen) atoms. The number of rotatable bonds is 3. The Labute approximate surface area is 116 Å². The lowest BCUT2D eigenvalue weighted by Crippen LogP contribution is -2.52. The molecule has 3 fully saturated rings. The summed E-state index contributed by atoms with van der Waals surface area (Å²) in [5, 5.41) is 0. The molecule has 3 rings (SSSR count). The molecule has 2 saturated heterocycles. The quantitative estimate of drug-likeness (QED) is 0.843. The van der Waals surface area contributed by atoms with Crippen LogP contribution < -0.4 is 5.73 Å². The van der Waals surface area contributed by atoms with Gasteiger partial charge in [0, 0.05) is 25.7 Å². The first kappa shape index (κ1) is 13.8. The van der Waals surface area contributed by atoms with Crippen LogP contribution in [0.4, 0.5) is 0 Å². The van der Waals surface area contributed by atoms with Crippen molar-refractivity contribution in [1.29, 1.82) is 0 Å². The number of nitrogens with zero attached hydrogens (tertiary/aromatic N) is 1. The van der Waals surface area contributed by atoms with Crippen LogP contribution in [0.3, 0.4) is 0 Å². The first-order valence-corrected chi connectivity index (χ1v) is 7.94. The van der Waals surface area contributed by atoms with Crippen molar-refractivity contribution >= 4 is 0 Å². The second-order valence-electron chi connectivity index (χ2n) is 6.66. The van der Waals surface area contributed by atoms with Crippen molar-refractivity contribution in [3.63, 3.8) is 0 Å². The number of ether oxygens (including phenoxy) is 2. The van der Waals surface area contributed by atoms with E-state index in [1.807, 2.05) is 0 Å². The Morgan fingerprint density at radius 3 is 2.74 bits per heavy atom. The first-order chi connectivity index (χ1) is 9.21. The molecule has 0 amide bonds. The van der Waals surface area contributed by atoms with Gasteiger partial charge in [0.15, 0.2) is 0 Å². The Morgan fingerprint density at radius 2 is 2.00 bits per heavy atom. The molecule has 2 heterocycles. The molecule has 0 bridgehead atoms. The summed E-state index contributed by atoms with van der Waals surface area (Å²) in [7, 11) is 0. The standard InChI is InChI=1S/C15H28N2O2/c1-12-11-18-14(8-16)10-17(12)9-13-4-7-15(19-13)5-2-3-6-15/h12-14H,2-11,16H2,1H3. The zero-order valence-electron chi connectivity index (χ0n) is 12.1. The maximum Gasteiger partial charge on any atom is 0.0824 e. The average Bonchev–Trinajstić information content (AvgIpc) is 3.03. The minimum Gasteiger partial charge on any atom is -0.374 e. The lowest BCUT2D eigenvalue weighted by Gasteiger charge is -2.39. The molecule has 3 unspecified atom stereocenters. The third-order valence-corrected chi connectivity index (χ3v) is 5.19. The molecule has 3 atom stereocenters. The van der Waals surface area contributed by atoms with Gasteiger partial charge in [-0.3, -0.25) is 4.90 Å². The number of nitrogens with two attached hydrogens (primary N) is 1. The van der Waals surface area contributed by atoms with E-state index in [0.29, 0.717) is 18.7 Å². The third kappa shape index (κ3) is 2.97. The summed E-state index contributed by atoms with van der Waals surface area (Å²) < 4.78 is 12.1. The number of hydrogen-bond donors (Lipinski definition) is 1. The van der Waals surface area contributed by atoms with Gasteiger partial charge in [0.2, 0.25) is 0 Å². The Hall–Kier alpha value is -0.160. The van der Waals surface area contributed by atoms with Crippen LogP contribution in [-0.2, 0) is 9.47 Å². The summed E-state index contributed by atoms with van der Waals surface area (Å²) in [5.41, 5.74) is 5.99. The Kier molecular flexibility index (Phi) is 4.13. The normalized spacial score (nSPS) is 39.2. The zero-order chi connectivity index (χ0) is 13.3. The van der Waals surface area contributed by atoms with Crippen molar-refractivity contribution < 1.29 is 9.47 Å². The SMILES string of the molecule is CC1COC(CN)CN1CC1CCC2(CCCC2)O1. The molecule has 0 aromatic rings. The molecule has 0 radical (unpaired) electrons.